The number of ether oxygens (including phenoxy) is 1. The number of rotatable bonds is 7. The highest BCUT2D eigenvalue weighted by atomic mass is 16.5. The van der Waals surface area contributed by atoms with E-state index in [0.717, 1.165) is 24.2 Å². The summed E-state index contributed by atoms with van der Waals surface area (Å²) in [6, 6.07) is 7.79. The van der Waals surface area contributed by atoms with Gasteiger partial charge in [0.15, 0.2) is 0 Å². The van der Waals surface area contributed by atoms with Crippen LogP contribution in [-0.4, -0.2) is 28.6 Å². The van der Waals surface area contributed by atoms with E-state index in [9.17, 15) is 9.59 Å². The Balaban J connectivity index is 1.85. The molecule has 0 aromatic heterocycles. The molecule has 0 radical (unpaired) electrons. The molecule has 0 unspecified atom stereocenters. The van der Waals surface area contributed by atoms with Gasteiger partial charge in [-0.25, -0.2) is 4.79 Å². The Morgan fingerprint density at radius 3 is 2.65 bits per heavy atom. The Morgan fingerprint density at radius 2 is 2.00 bits per heavy atom. The molecule has 0 atom stereocenters. The Bertz CT molecular complexity index is 562. The largest absolute Gasteiger partial charge is 0.490 e. The van der Waals surface area contributed by atoms with Gasteiger partial charge >= 0.3 is 5.97 Å². The van der Waals surface area contributed by atoms with Crippen LogP contribution < -0.4 is 10.1 Å². The average molecular weight is 319 g/mol. The van der Waals surface area contributed by atoms with Gasteiger partial charge in [0.05, 0.1) is 6.10 Å². The molecule has 1 aromatic rings. The van der Waals surface area contributed by atoms with Gasteiger partial charge in [0, 0.05) is 6.42 Å². The number of amides is 1. The van der Waals surface area contributed by atoms with E-state index in [1.54, 1.807) is 0 Å². The van der Waals surface area contributed by atoms with Crippen LogP contribution >= 0.6 is 0 Å². The Labute approximate surface area is 137 Å². The minimum atomic E-state index is -1.25. The monoisotopic (exact) mass is 319 g/mol. The van der Waals surface area contributed by atoms with Crippen molar-refractivity contribution in [2.45, 2.75) is 64.0 Å². The van der Waals surface area contributed by atoms with E-state index in [-0.39, 0.29) is 12.3 Å². The molecule has 2 rings (SSSR count). The second-order valence-corrected chi connectivity index (χ2v) is 6.65. The summed E-state index contributed by atoms with van der Waals surface area (Å²) in [5, 5.41) is 11.5. The molecule has 0 bridgehead atoms. The number of carboxylic acids is 1. The van der Waals surface area contributed by atoms with Crippen molar-refractivity contribution in [3.63, 3.8) is 0 Å². The van der Waals surface area contributed by atoms with E-state index >= 15 is 0 Å². The first-order valence-electron chi connectivity index (χ1n) is 8.17. The van der Waals surface area contributed by atoms with Crippen LogP contribution in [-0.2, 0) is 16.0 Å². The van der Waals surface area contributed by atoms with Gasteiger partial charge in [0.25, 0.3) is 0 Å². The summed E-state index contributed by atoms with van der Waals surface area (Å²) in [6.07, 6.45) is 5.79. The molecule has 0 heterocycles. The molecule has 2 N–H and O–H groups in total. The lowest BCUT2D eigenvalue weighted by molar-refractivity contribution is -0.146. The molecule has 0 saturated heterocycles. The van der Waals surface area contributed by atoms with Gasteiger partial charge in [-0.2, -0.15) is 0 Å². The summed E-state index contributed by atoms with van der Waals surface area (Å²) >= 11 is 0. The molecule has 5 nitrogen and oxygen atoms in total. The van der Waals surface area contributed by atoms with Crippen molar-refractivity contribution < 1.29 is 19.4 Å². The molecule has 5 heteroatoms. The fraction of sp³-hybridized carbons (Fsp3) is 0.556. The summed E-state index contributed by atoms with van der Waals surface area (Å²) in [7, 11) is 0. The smallest absolute Gasteiger partial charge is 0.328 e. The molecule has 1 aromatic carbocycles. The van der Waals surface area contributed by atoms with E-state index in [1.165, 1.54) is 26.7 Å². The molecule has 0 aliphatic heterocycles. The van der Waals surface area contributed by atoms with E-state index in [2.05, 4.69) is 5.32 Å². The molecule has 0 spiro atoms. The van der Waals surface area contributed by atoms with Crippen LogP contribution in [0.2, 0.25) is 0 Å². The van der Waals surface area contributed by atoms with E-state index in [0.29, 0.717) is 12.5 Å². The summed E-state index contributed by atoms with van der Waals surface area (Å²) < 4.78 is 5.96. The van der Waals surface area contributed by atoms with Crippen LogP contribution in [0.25, 0.3) is 0 Å². The van der Waals surface area contributed by atoms with Crippen molar-refractivity contribution in [3.8, 4) is 5.75 Å². The predicted molar refractivity (Wildman–Crippen MR) is 87.5 cm³/mol. The molecular formula is C18H25NO4. The second kappa shape index (κ2) is 7.49. The number of nitrogens with one attached hydrogen (secondary N) is 1. The normalized spacial score (nSPS) is 15.4. The van der Waals surface area contributed by atoms with E-state index in [1.807, 2.05) is 24.3 Å². The zero-order valence-electron chi connectivity index (χ0n) is 13.8. The van der Waals surface area contributed by atoms with Crippen LogP contribution in [0.1, 0.15) is 51.5 Å². The van der Waals surface area contributed by atoms with E-state index in [4.69, 9.17) is 9.84 Å². The van der Waals surface area contributed by atoms with Crippen LogP contribution in [0.4, 0.5) is 0 Å². The maximum absolute atomic E-state index is 11.9. The van der Waals surface area contributed by atoms with E-state index < -0.39 is 11.5 Å². The highest BCUT2D eigenvalue weighted by Crippen LogP contribution is 2.24. The number of aliphatic carboxylic acids is 1. The number of carboxylic acid groups (broad SMARTS) is 1. The zero-order valence-corrected chi connectivity index (χ0v) is 13.8. The molecule has 1 amide bonds. The second-order valence-electron chi connectivity index (χ2n) is 6.65. The predicted octanol–water partition coefficient (Wildman–Crippen LogP) is 2.92. The topological polar surface area (TPSA) is 75.6 Å². The van der Waals surface area contributed by atoms with Crippen LogP contribution in [0.3, 0.4) is 0 Å². The van der Waals surface area contributed by atoms with Crippen LogP contribution in [0.15, 0.2) is 24.3 Å². The van der Waals surface area contributed by atoms with Gasteiger partial charge in [-0.15, -0.1) is 0 Å². The summed E-state index contributed by atoms with van der Waals surface area (Å²) in [5.41, 5.74) is -0.228. The summed E-state index contributed by atoms with van der Waals surface area (Å²) in [4.78, 5) is 22.9. The molecule has 1 aliphatic rings. The average Bonchev–Trinajstić information content (AvgIpc) is 2.98. The Hall–Kier alpha value is -2.04. The fourth-order valence-electron chi connectivity index (χ4n) is 2.70. The van der Waals surface area contributed by atoms with Crippen molar-refractivity contribution in [3.05, 3.63) is 29.8 Å². The first-order chi connectivity index (χ1) is 10.9. The van der Waals surface area contributed by atoms with Crippen molar-refractivity contribution in [2.24, 2.45) is 0 Å². The SMILES string of the molecule is CC(C)(NC(=O)CCc1cccc(OC2CCCC2)c1)C(=O)O. The highest BCUT2D eigenvalue weighted by Gasteiger charge is 2.28. The van der Waals surface area contributed by atoms with Crippen LogP contribution in [0, 0.1) is 0 Å². The van der Waals surface area contributed by atoms with Gasteiger partial charge in [-0.1, -0.05) is 12.1 Å². The third-order valence-corrected chi connectivity index (χ3v) is 4.13. The fourth-order valence-corrected chi connectivity index (χ4v) is 2.70. The lowest BCUT2D eigenvalue weighted by Crippen LogP contribution is -2.49. The number of carbonyl (C=O) groups excluding carboxylic acids is 1. The lowest BCUT2D eigenvalue weighted by Gasteiger charge is -2.21. The number of carbonyl (C=O) groups is 2. The van der Waals surface area contributed by atoms with Crippen molar-refractivity contribution in [1.29, 1.82) is 0 Å². The first kappa shape index (κ1) is 17.3. The number of hydrogen-bond acceptors (Lipinski definition) is 3. The molecule has 1 aliphatic carbocycles. The molecular weight excluding hydrogens is 294 g/mol. The molecule has 126 valence electrons. The van der Waals surface area contributed by atoms with Gasteiger partial charge in [-0.3, -0.25) is 4.79 Å². The third-order valence-electron chi connectivity index (χ3n) is 4.13. The molecule has 23 heavy (non-hydrogen) atoms. The van der Waals surface area contributed by atoms with Gasteiger partial charge in [0.1, 0.15) is 11.3 Å². The number of aryl methyl sites for hydroxylation is 1. The standard InChI is InChI=1S/C18H25NO4/c1-18(2,17(21)22)19-16(20)11-10-13-6-5-9-15(12-13)23-14-7-3-4-8-14/h5-6,9,12,14H,3-4,7-8,10-11H2,1-2H3,(H,19,20)(H,21,22). The quantitative estimate of drug-likeness (QED) is 0.810. The maximum atomic E-state index is 11.9. The molecule has 1 fully saturated rings. The minimum absolute atomic E-state index is 0.254. The lowest BCUT2D eigenvalue weighted by atomic mass is 10.0. The first-order valence-corrected chi connectivity index (χ1v) is 8.17. The minimum Gasteiger partial charge on any atom is -0.490 e. The van der Waals surface area contributed by atoms with Crippen molar-refractivity contribution in [2.75, 3.05) is 0 Å². The van der Waals surface area contributed by atoms with Gasteiger partial charge < -0.3 is 15.2 Å². The zero-order chi connectivity index (χ0) is 16.9. The number of benzene rings is 1. The Kier molecular flexibility index (Phi) is 5.64. The number of hydrogen-bond donors (Lipinski definition) is 2. The third kappa shape index (κ3) is 5.27. The summed E-state index contributed by atoms with van der Waals surface area (Å²) in [6.45, 7) is 2.95. The Morgan fingerprint density at radius 1 is 1.30 bits per heavy atom. The highest BCUT2D eigenvalue weighted by molar-refractivity contribution is 5.86. The van der Waals surface area contributed by atoms with Crippen molar-refractivity contribution in [1.82, 2.24) is 5.32 Å². The van der Waals surface area contributed by atoms with Crippen LogP contribution in [0.5, 0.6) is 5.75 Å². The van der Waals surface area contributed by atoms with Gasteiger partial charge in [0.2, 0.25) is 5.91 Å². The summed E-state index contributed by atoms with van der Waals surface area (Å²) in [5.74, 6) is -0.460. The maximum Gasteiger partial charge on any atom is 0.328 e. The molecule has 1 saturated carbocycles. The van der Waals surface area contributed by atoms with Crippen molar-refractivity contribution >= 4 is 11.9 Å². The van der Waals surface area contributed by atoms with Gasteiger partial charge in [-0.05, 0) is 63.6 Å².